The number of thiophene rings is 1. The van der Waals surface area contributed by atoms with Gasteiger partial charge in [0.15, 0.2) is 0 Å². The fourth-order valence-corrected chi connectivity index (χ4v) is 3.38. The lowest BCUT2D eigenvalue weighted by Gasteiger charge is -2.17. The molecule has 24 heavy (non-hydrogen) atoms. The van der Waals surface area contributed by atoms with Crippen molar-refractivity contribution in [1.29, 1.82) is 0 Å². The van der Waals surface area contributed by atoms with Gasteiger partial charge in [0.1, 0.15) is 5.82 Å². The van der Waals surface area contributed by atoms with Crippen molar-refractivity contribution in [3.63, 3.8) is 0 Å². The molecule has 0 fully saturated rings. The van der Waals surface area contributed by atoms with Crippen LogP contribution in [0.3, 0.4) is 0 Å². The summed E-state index contributed by atoms with van der Waals surface area (Å²) in [6.07, 6.45) is 1.29. The van der Waals surface area contributed by atoms with Gasteiger partial charge >= 0.3 is 0 Å². The van der Waals surface area contributed by atoms with E-state index in [2.05, 4.69) is 10.4 Å². The first-order valence-electron chi connectivity index (χ1n) is 7.80. The van der Waals surface area contributed by atoms with Gasteiger partial charge < -0.3 is 10.4 Å². The van der Waals surface area contributed by atoms with Crippen LogP contribution in [0.1, 0.15) is 35.9 Å². The van der Waals surface area contributed by atoms with Gasteiger partial charge in [-0.1, -0.05) is 0 Å². The maximum Gasteiger partial charge on any atom is 0.123 e. The Morgan fingerprint density at radius 3 is 2.71 bits per heavy atom. The average Bonchev–Trinajstić information content (AvgIpc) is 3.23. The van der Waals surface area contributed by atoms with Crippen LogP contribution in [0, 0.1) is 12.7 Å². The largest absolute Gasteiger partial charge is 0.387 e. The fourth-order valence-electron chi connectivity index (χ4n) is 2.67. The second-order valence-corrected chi connectivity index (χ2v) is 6.56. The Morgan fingerprint density at radius 2 is 2.04 bits per heavy atom. The molecule has 0 bridgehead atoms. The van der Waals surface area contributed by atoms with Crippen LogP contribution in [0.2, 0.25) is 0 Å². The minimum absolute atomic E-state index is 0.0486. The zero-order valence-electron chi connectivity index (χ0n) is 13.6. The molecule has 3 rings (SSSR count). The summed E-state index contributed by atoms with van der Waals surface area (Å²) in [4.78, 5) is 0. The van der Waals surface area contributed by atoms with Crippen LogP contribution >= 0.6 is 11.3 Å². The van der Waals surface area contributed by atoms with Crippen LogP contribution in [0.5, 0.6) is 0 Å². The molecule has 0 radical (unpaired) electrons. The van der Waals surface area contributed by atoms with E-state index >= 15 is 0 Å². The van der Waals surface area contributed by atoms with Crippen LogP contribution < -0.4 is 5.32 Å². The lowest BCUT2D eigenvalue weighted by Crippen LogP contribution is -2.24. The van der Waals surface area contributed by atoms with Crippen molar-refractivity contribution in [2.75, 3.05) is 6.54 Å². The van der Waals surface area contributed by atoms with Gasteiger partial charge in [0.2, 0.25) is 0 Å². The molecule has 2 atom stereocenters. The summed E-state index contributed by atoms with van der Waals surface area (Å²) in [6, 6.07) is 8.24. The predicted octanol–water partition coefficient (Wildman–Crippen LogP) is 3.77. The number of hydrogen-bond donors (Lipinski definition) is 2. The molecule has 2 unspecified atom stereocenters. The zero-order chi connectivity index (χ0) is 17.1. The van der Waals surface area contributed by atoms with Crippen molar-refractivity contribution < 1.29 is 9.50 Å². The maximum absolute atomic E-state index is 13.1. The van der Waals surface area contributed by atoms with E-state index in [0.717, 1.165) is 22.5 Å². The molecule has 0 aliphatic carbocycles. The van der Waals surface area contributed by atoms with Gasteiger partial charge in [-0.05, 0) is 60.5 Å². The third-order valence-electron chi connectivity index (χ3n) is 4.13. The Kier molecular flexibility index (Phi) is 5.08. The summed E-state index contributed by atoms with van der Waals surface area (Å²) < 4.78 is 14.9. The van der Waals surface area contributed by atoms with Crippen molar-refractivity contribution in [2.24, 2.45) is 0 Å². The number of rotatable bonds is 6. The molecule has 0 aliphatic heterocycles. The average molecular weight is 345 g/mol. The molecule has 126 valence electrons. The summed E-state index contributed by atoms with van der Waals surface area (Å²) in [5, 5.41) is 21.8. The first kappa shape index (κ1) is 16.8. The van der Waals surface area contributed by atoms with Crippen molar-refractivity contribution in [2.45, 2.75) is 26.0 Å². The van der Waals surface area contributed by atoms with Crippen LogP contribution in [-0.2, 0) is 0 Å². The molecule has 1 aromatic carbocycles. The number of aliphatic hydroxyl groups is 1. The number of nitrogens with zero attached hydrogens (tertiary/aromatic N) is 2. The van der Waals surface area contributed by atoms with E-state index in [1.54, 1.807) is 28.2 Å². The SMILES string of the molecule is Cc1c(C(C)NCC(O)c2ccsc2)cnn1-c1ccc(F)cc1. The van der Waals surface area contributed by atoms with E-state index < -0.39 is 6.10 Å². The maximum atomic E-state index is 13.1. The minimum atomic E-state index is -0.522. The number of benzene rings is 1. The third-order valence-corrected chi connectivity index (χ3v) is 4.83. The first-order valence-corrected chi connectivity index (χ1v) is 8.74. The highest BCUT2D eigenvalue weighted by Gasteiger charge is 2.16. The highest BCUT2D eigenvalue weighted by Crippen LogP contribution is 2.22. The van der Waals surface area contributed by atoms with Crippen LogP contribution in [0.25, 0.3) is 5.69 Å². The standard InChI is InChI=1S/C18H20FN3OS/c1-12(20-10-18(23)14-7-8-24-11-14)17-9-21-22(13(17)2)16-5-3-15(19)4-6-16/h3-9,11-12,18,20,23H,10H2,1-2H3. The van der Waals surface area contributed by atoms with Crippen molar-refractivity contribution in [3.8, 4) is 5.69 Å². The summed E-state index contributed by atoms with van der Waals surface area (Å²) in [6.45, 7) is 4.50. The Morgan fingerprint density at radius 1 is 1.29 bits per heavy atom. The van der Waals surface area contributed by atoms with Gasteiger partial charge in [-0.25, -0.2) is 9.07 Å². The Balaban J connectivity index is 1.69. The fraction of sp³-hybridized carbons (Fsp3) is 0.278. The molecule has 6 heteroatoms. The van der Waals surface area contributed by atoms with E-state index in [9.17, 15) is 9.50 Å². The lowest BCUT2D eigenvalue weighted by molar-refractivity contribution is 0.171. The second kappa shape index (κ2) is 7.25. The normalized spacial score (nSPS) is 13.8. The van der Waals surface area contributed by atoms with E-state index in [4.69, 9.17) is 0 Å². The molecule has 2 N–H and O–H groups in total. The van der Waals surface area contributed by atoms with Crippen molar-refractivity contribution in [1.82, 2.24) is 15.1 Å². The van der Waals surface area contributed by atoms with Gasteiger partial charge in [-0.3, -0.25) is 0 Å². The van der Waals surface area contributed by atoms with Crippen LogP contribution in [-0.4, -0.2) is 21.4 Å². The highest BCUT2D eigenvalue weighted by molar-refractivity contribution is 7.07. The topological polar surface area (TPSA) is 50.1 Å². The number of aromatic nitrogens is 2. The van der Waals surface area contributed by atoms with Crippen molar-refractivity contribution in [3.05, 3.63) is 69.9 Å². The minimum Gasteiger partial charge on any atom is -0.387 e. The number of halogens is 1. The number of hydrogen-bond acceptors (Lipinski definition) is 4. The summed E-state index contributed by atoms with van der Waals surface area (Å²) in [7, 11) is 0. The van der Waals surface area contributed by atoms with Gasteiger partial charge in [0.05, 0.1) is 18.0 Å². The molecule has 0 saturated heterocycles. The van der Waals surface area contributed by atoms with E-state index in [0.29, 0.717) is 6.54 Å². The molecular weight excluding hydrogens is 325 g/mol. The zero-order valence-corrected chi connectivity index (χ0v) is 14.4. The predicted molar refractivity (Wildman–Crippen MR) is 94.0 cm³/mol. The number of aliphatic hydroxyl groups excluding tert-OH is 1. The molecule has 2 heterocycles. The van der Waals surface area contributed by atoms with Crippen molar-refractivity contribution >= 4 is 11.3 Å². The van der Waals surface area contributed by atoms with E-state index in [-0.39, 0.29) is 11.9 Å². The molecule has 0 spiro atoms. The van der Waals surface area contributed by atoms with Crippen LogP contribution in [0.15, 0.2) is 47.3 Å². The molecule has 0 amide bonds. The van der Waals surface area contributed by atoms with Gasteiger partial charge in [0, 0.05) is 23.8 Å². The quantitative estimate of drug-likeness (QED) is 0.715. The molecule has 0 saturated carbocycles. The Labute approximate surface area is 144 Å². The molecular formula is C18H20FN3OS. The molecule has 3 aromatic rings. The first-order chi connectivity index (χ1) is 11.6. The molecule has 4 nitrogen and oxygen atoms in total. The second-order valence-electron chi connectivity index (χ2n) is 5.78. The van der Waals surface area contributed by atoms with E-state index in [1.807, 2.05) is 36.9 Å². The van der Waals surface area contributed by atoms with Gasteiger partial charge in [-0.2, -0.15) is 16.4 Å². The van der Waals surface area contributed by atoms with Crippen LogP contribution in [0.4, 0.5) is 4.39 Å². The monoisotopic (exact) mass is 345 g/mol. The van der Waals surface area contributed by atoms with Gasteiger partial charge in [-0.15, -0.1) is 0 Å². The smallest absolute Gasteiger partial charge is 0.123 e. The summed E-state index contributed by atoms with van der Waals surface area (Å²) in [5.41, 5.74) is 3.80. The third kappa shape index (κ3) is 3.56. The Hall–Kier alpha value is -2.02. The van der Waals surface area contributed by atoms with E-state index in [1.165, 1.54) is 12.1 Å². The number of nitrogens with one attached hydrogen (secondary N) is 1. The summed E-state index contributed by atoms with van der Waals surface area (Å²) in [5.74, 6) is -0.263. The Bertz CT molecular complexity index is 783. The molecule has 0 aliphatic rings. The highest BCUT2D eigenvalue weighted by atomic mass is 32.1. The van der Waals surface area contributed by atoms with Gasteiger partial charge in [0.25, 0.3) is 0 Å². The lowest BCUT2D eigenvalue weighted by atomic mass is 10.1. The summed E-state index contributed by atoms with van der Waals surface area (Å²) >= 11 is 1.58. The molecule has 2 aromatic heterocycles.